The molecule has 0 radical (unpaired) electrons. The molecule has 0 spiro atoms. The van der Waals surface area contributed by atoms with Crippen LogP contribution in [0.15, 0.2) is 16.6 Å². The first-order valence-electron chi connectivity index (χ1n) is 5.65. The molecule has 0 bridgehead atoms. The first-order valence-corrected chi connectivity index (χ1v) is 7.26. The number of hydrogen-bond donors (Lipinski definition) is 1. The number of thiazole rings is 1. The number of H-pyrrole nitrogens is 1. The minimum atomic E-state index is 0.911. The Balaban J connectivity index is 2.25. The molecule has 1 aromatic carbocycles. The molecule has 2 aromatic heterocycles. The summed E-state index contributed by atoms with van der Waals surface area (Å²) in [6.45, 7) is 6.11. The summed E-state index contributed by atoms with van der Waals surface area (Å²) in [5.41, 5.74) is 4.29. The van der Waals surface area contributed by atoms with Crippen LogP contribution in [0.2, 0.25) is 0 Å². The van der Waals surface area contributed by atoms with Crippen molar-refractivity contribution in [3.8, 4) is 10.7 Å². The molecular weight excluding hydrogens is 310 g/mol. The number of aryl methyl sites for hydroxylation is 3. The number of aromatic amines is 1. The van der Waals surface area contributed by atoms with Gasteiger partial charge in [0.2, 0.25) is 0 Å². The van der Waals surface area contributed by atoms with E-state index in [1.165, 1.54) is 5.56 Å². The smallest absolute Gasteiger partial charge is 0.150 e. The van der Waals surface area contributed by atoms with Crippen molar-refractivity contribution in [2.75, 3.05) is 0 Å². The zero-order chi connectivity index (χ0) is 12.9. The second-order valence-corrected chi connectivity index (χ2v) is 6.47. The van der Waals surface area contributed by atoms with E-state index >= 15 is 0 Å². The van der Waals surface area contributed by atoms with Crippen LogP contribution in [0, 0.1) is 20.8 Å². The van der Waals surface area contributed by atoms with Crippen LogP contribution in [0.4, 0.5) is 0 Å². The molecule has 0 unspecified atom stereocenters. The average molecular weight is 322 g/mol. The Labute approximate surface area is 117 Å². The summed E-state index contributed by atoms with van der Waals surface area (Å²) in [4.78, 5) is 13.6. The van der Waals surface area contributed by atoms with Crippen LogP contribution in [0.25, 0.3) is 21.7 Å². The van der Waals surface area contributed by atoms with E-state index in [4.69, 9.17) is 4.98 Å². The SMILES string of the molecule is Cc1nc(C)c(-c2nc3c(C)cc(Br)cc3[nH]2)s1. The third-order valence-electron chi connectivity index (χ3n) is 2.86. The van der Waals surface area contributed by atoms with Crippen molar-refractivity contribution < 1.29 is 0 Å². The first-order chi connectivity index (χ1) is 8.54. The minimum absolute atomic E-state index is 0.911. The van der Waals surface area contributed by atoms with Crippen LogP contribution in [0.1, 0.15) is 16.3 Å². The maximum Gasteiger partial charge on any atom is 0.150 e. The maximum atomic E-state index is 4.69. The predicted octanol–water partition coefficient (Wildman–Crippen LogP) is 4.37. The van der Waals surface area contributed by atoms with Crippen LogP contribution in [-0.4, -0.2) is 15.0 Å². The highest BCUT2D eigenvalue weighted by atomic mass is 79.9. The van der Waals surface area contributed by atoms with E-state index < -0.39 is 0 Å². The third kappa shape index (κ3) is 1.87. The normalized spacial score (nSPS) is 11.3. The first kappa shape index (κ1) is 11.9. The fraction of sp³-hybridized carbons (Fsp3) is 0.231. The number of benzene rings is 1. The third-order valence-corrected chi connectivity index (χ3v) is 4.40. The molecule has 92 valence electrons. The van der Waals surface area contributed by atoms with Crippen LogP contribution in [0.5, 0.6) is 0 Å². The van der Waals surface area contributed by atoms with Crippen molar-refractivity contribution >= 4 is 38.3 Å². The van der Waals surface area contributed by atoms with Gasteiger partial charge in [-0.2, -0.15) is 0 Å². The summed E-state index contributed by atoms with van der Waals surface area (Å²) in [5, 5.41) is 1.07. The molecule has 5 heteroatoms. The van der Waals surface area contributed by atoms with Gasteiger partial charge in [-0.3, -0.25) is 0 Å². The lowest BCUT2D eigenvalue weighted by Gasteiger charge is -1.94. The van der Waals surface area contributed by atoms with Crippen LogP contribution in [-0.2, 0) is 0 Å². The summed E-state index contributed by atoms with van der Waals surface area (Å²) in [5.74, 6) is 0.911. The quantitative estimate of drug-likeness (QED) is 0.722. The van der Waals surface area contributed by atoms with Gasteiger partial charge in [-0.25, -0.2) is 9.97 Å². The van der Waals surface area contributed by atoms with Gasteiger partial charge in [0.15, 0.2) is 5.82 Å². The van der Waals surface area contributed by atoms with Gasteiger partial charge in [-0.1, -0.05) is 15.9 Å². The fourth-order valence-corrected chi connectivity index (χ4v) is 3.54. The van der Waals surface area contributed by atoms with Crippen LogP contribution in [0.3, 0.4) is 0 Å². The molecule has 0 amide bonds. The van der Waals surface area contributed by atoms with E-state index in [2.05, 4.69) is 45.0 Å². The van der Waals surface area contributed by atoms with Gasteiger partial charge >= 0.3 is 0 Å². The Morgan fingerprint density at radius 2 is 1.94 bits per heavy atom. The van der Waals surface area contributed by atoms with Crippen LogP contribution < -0.4 is 0 Å². The number of halogens is 1. The molecule has 0 aliphatic heterocycles. The summed E-state index contributed by atoms with van der Waals surface area (Å²) in [6.07, 6.45) is 0. The van der Waals surface area contributed by atoms with Crippen molar-refractivity contribution in [3.63, 3.8) is 0 Å². The van der Waals surface area contributed by atoms with E-state index in [1.54, 1.807) is 11.3 Å². The Morgan fingerprint density at radius 1 is 1.17 bits per heavy atom. The molecule has 3 rings (SSSR count). The van der Waals surface area contributed by atoms with Crippen molar-refractivity contribution in [1.29, 1.82) is 0 Å². The van der Waals surface area contributed by atoms with Crippen LogP contribution >= 0.6 is 27.3 Å². The topological polar surface area (TPSA) is 41.6 Å². The minimum Gasteiger partial charge on any atom is -0.337 e. The summed E-state index contributed by atoms with van der Waals surface area (Å²) < 4.78 is 1.07. The Kier molecular flexibility index (Phi) is 2.75. The van der Waals surface area contributed by atoms with Crippen molar-refractivity contribution in [3.05, 3.63) is 32.9 Å². The lowest BCUT2D eigenvalue weighted by atomic mass is 10.2. The highest BCUT2D eigenvalue weighted by molar-refractivity contribution is 9.10. The molecule has 3 aromatic rings. The molecule has 3 nitrogen and oxygen atoms in total. The molecule has 18 heavy (non-hydrogen) atoms. The maximum absolute atomic E-state index is 4.69. The number of aromatic nitrogens is 3. The lowest BCUT2D eigenvalue weighted by molar-refractivity contribution is 1.19. The van der Waals surface area contributed by atoms with Gasteiger partial charge in [0.25, 0.3) is 0 Å². The number of hydrogen-bond acceptors (Lipinski definition) is 3. The van der Waals surface area contributed by atoms with Gasteiger partial charge < -0.3 is 4.98 Å². The molecule has 0 atom stereocenters. The van der Waals surface area contributed by atoms with E-state index in [9.17, 15) is 0 Å². The Morgan fingerprint density at radius 3 is 2.61 bits per heavy atom. The summed E-state index contributed by atoms with van der Waals surface area (Å²) in [7, 11) is 0. The molecule has 2 heterocycles. The number of fused-ring (bicyclic) bond motifs is 1. The van der Waals surface area contributed by atoms with Gasteiger partial charge in [0, 0.05) is 4.47 Å². The zero-order valence-corrected chi connectivity index (χ0v) is 12.7. The number of nitrogens with one attached hydrogen (secondary N) is 1. The Hall–Kier alpha value is -1.20. The van der Waals surface area contributed by atoms with Gasteiger partial charge in [-0.05, 0) is 38.5 Å². The molecular formula is C13H12BrN3S. The standard InChI is InChI=1S/C13H12BrN3S/c1-6-4-9(14)5-10-11(6)17-13(16-10)12-7(2)15-8(3)18-12/h4-5H,1-3H3,(H,16,17). The van der Waals surface area contributed by atoms with E-state index in [1.807, 2.05) is 13.8 Å². The van der Waals surface area contributed by atoms with Gasteiger partial charge in [0.05, 0.1) is 26.6 Å². The highest BCUT2D eigenvalue weighted by Gasteiger charge is 2.13. The Bertz CT molecular complexity index is 742. The monoisotopic (exact) mass is 321 g/mol. The van der Waals surface area contributed by atoms with E-state index in [0.29, 0.717) is 0 Å². The fourth-order valence-electron chi connectivity index (χ4n) is 2.11. The molecule has 0 aliphatic rings. The van der Waals surface area contributed by atoms with Crippen molar-refractivity contribution in [1.82, 2.24) is 15.0 Å². The number of rotatable bonds is 1. The molecule has 1 N–H and O–H groups in total. The van der Waals surface area contributed by atoms with E-state index in [0.717, 1.165) is 36.9 Å². The van der Waals surface area contributed by atoms with Gasteiger partial charge in [0.1, 0.15) is 0 Å². The van der Waals surface area contributed by atoms with Crippen molar-refractivity contribution in [2.45, 2.75) is 20.8 Å². The number of nitrogens with zero attached hydrogens (tertiary/aromatic N) is 2. The lowest BCUT2D eigenvalue weighted by Crippen LogP contribution is -1.80. The molecule has 0 saturated heterocycles. The number of imidazole rings is 1. The highest BCUT2D eigenvalue weighted by Crippen LogP contribution is 2.31. The van der Waals surface area contributed by atoms with E-state index in [-0.39, 0.29) is 0 Å². The molecule has 0 aliphatic carbocycles. The zero-order valence-electron chi connectivity index (χ0n) is 10.3. The predicted molar refractivity (Wildman–Crippen MR) is 79.1 cm³/mol. The second-order valence-electron chi connectivity index (χ2n) is 4.35. The van der Waals surface area contributed by atoms with Crippen molar-refractivity contribution in [2.24, 2.45) is 0 Å². The largest absolute Gasteiger partial charge is 0.337 e. The van der Waals surface area contributed by atoms with Gasteiger partial charge in [-0.15, -0.1) is 11.3 Å². The molecule has 0 fully saturated rings. The average Bonchev–Trinajstić information content (AvgIpc) is 2.81. The molecule has 0 saturated carbocycles. The second kappa shape index (κ2) is 4.17. The summed E-state index contributed by atoms with van der Waals surface area (Å²) in [6, 6.07) is 4.14. The summed E-state index contributed by atoms with van der Waals surface area (Å²) >= 11 is 5.19.